The van der Waals surface area contributed by atoms with Crippen LogP contribution in [-0.4, -0.2) is 36.3 Å². The minimum atomic E-state index is -0.348. The summed E-state index contributed by atoms with van der Waals surface area (Å²) in [7, 11) is 0. The maximum absolute atomic E-state index is 11.1. The average Bonchev–Trinajstić information content (AvgIpc) is 2.36. The summed E-state index contributed by atoms with van der Waals surface area (Å²) in [4.78, 5) is 12.9. The number of benzene rings is 1. The summed E-state index contributed by atoms with van der Waals surface area (Å²) in [6, 6.07) is 5.17. The Kier molecular flexibility index (Phi) is 4.37. The fourth-order valence-electron chi connectivity index (χ4n) is 2.84. The van der Waals surface area contributed by atoms with Gasteiger partial charge in [0.15, 0.2) is 0 Å². The first-order valence-corrected chi connectivity index (χ1v) is 7.27. The molecular formula is C15H23N3O3. The van der Waals surface area contributed by atoms with Crippen LogP contribution in [0.2, 0.25) is 0 Å². The molecule has 0 amide bonds. The second kappa shape index (κ2) is 5.89. The van der Waals surface area contributed by atoms with Crippen molar-refractivity contribution in [3.8, 4) is 0 Å². The Morgan fingerprint density at radius 1 is 1.48 bits per heavy atom. The molecule has 1 aliphatic heterocycles. The van der Waals surface area contributed by atoms with E-state index in [1.165, 1.54) is 0 Å². The van der Waals surface area contributed by atoms with Crippen molar-refractivity contribution in [3.05, 3.63) is 28.3 Å². The molecule has 1 heterocycles. The van der Waals surface area contributed by atoms with Crippen LogP contribution >= 0.6 is 0 Å². The lowest BCUT2D eigenvalue weighted by atomic mass is 10.0. The Morgan fingerprint density at radius 3 is 2.76 bits per heavy atom. The highest BCUT2D eigenvalue weighted by Gasteiger charge is 2.32. The summed E-state index contributed by atoms with van der Waals surface area (Å²) >= 11 is 0. The van der Waals surface area contributed by atoms with E-state index in [9.17, 15) is 10.1 Å². The molecule has 0 aliphatic carbocycles. The molecule has 2 rings (SSSR count). The number of hydrogen-bond acceptors (Lipinski definition) is 5. The molecule has 1 aromatic rings. The monoisotopic (exact) mass is 293 g/mol. The Labute approximate surface area is 125 Å². The van der Waals surface area contributed by atoms with E-state index >= 15 is 0 Å². The molecule has 116 valence electrons. The summed E-state index contributed by atoms with van der Waals surface area (Å²) < 4.78 is 5.89. The zero-order valence-electron chi connectivity index (χ0n) is 13.0. The molecular weight excluding hydrogens is 270 g/mol. The van der Waals surface area contributed by atoms with Crippen LogP contribution in [0.1, 0.15) is 27.7 Å². The summed E-state index contributed by atoms with van der Waals surface area (Å²) in [5, 5.41) is 14.3. The van der Waals surface area contributed by atoms with Gasteiger partial charge in [-0.1, -0.05) is 0 Å². The number of rotatable bonds is 4. The number of nitro benzene ring substituents is 1. The first-order chi connectivity index (χ1) is 9.80. The van der Waals surface area contributed by atoms with Gasteiger partial charge in [-0.15, -0.1) is 0 Å². The largest absolute Gasteiger partial charge is 0.385 e. The molecule has 6 nitrogen and oxygen atoms in total. The van der Waals surface area contributed by atoms with Crippen LogP contribution in [0.3, 0.4) is 0 Å². The summed E-state index contributed by atoms with van der Waals surface area (Å²) in [5.41, 5.74) is 1.49. The Hall–Kier alpha value is -1.82. The number of non-ortho nitro benzene ring substituents is 1. The number of nitrogens with zero attached hydrogens (tertiary/aromatic N) is 2. The van der Waals surface area contributed by atoms with Crippen molar-refractivity contribution in [1.29, 1.82) is 0 Å². The number of hydrogen-bond donors (Lipinski definition) is 1. The molecule has 1 N–H and O–H groups in total. The fourth-order valence-corrected chi connectivity index (χ4v) is 2.84. The predicted molar refractivity (Wildman–Crippen MR) is 84.1 cm³/mol. The maximum Gasteiger partial charge on any atom is 0.273 e. The van der Waals surface area contributed by atoms with E-state index in [1.807, 2.05) is 33.8 Å². The van der Waals surface area contributed by atoms with E-state index in [0.29, 0.717) is 6.54 Å². The highest BCUT2D eigenvalue weighted by atomic mass is 16.6. The van der Waals surface area contributed by atoms with Gasteiger partial charge < -0.3 is 15.0 Å². The van der Waals surface area contributed by atoms with Crippen LogP contribution in [0.5, 0.6) is 0 Å². The molecule has 6 heteroatoms. The summed E-state index contributed by atoms with van der Waals surface area (Å²) in [5.74, 6) is 0. The molecule has 0 radical (unpaired) electrons. The van der Waals surface area contributed by atoms with Crippen molar-refractivity contribution < 1.29 is 9.66 Å². The summed E-state index contributed by atoms with van der Waals surface area (Å²) in [6.07, 6.45) is 0.0931. The first kappa shape index (κ1) is 15.6. The third-order valence-corrected chi connectivity index (χ3v) is 3.43. The van der Waals surface area contributed by atoms with Crippen molar-refractivity contribution in [2.75, 3.05) is 29.9 Å². The molecule has 1 fully saturated rings. The SMILES string of the molecule is CCNc1cc(N2CC(C)OC(C)(C)C2)cc([N+](=O)[O-])c1. The molecule has 1 aromatic carbocycles. The normalized spacial score (nSPS) is 21.1. The van der Waals surface area contributed by atoms with Crippen molar-refractivity contribution in [3.63, 3.8) is 0 Å². The molecule has 0 saturated carbocycles. The smallest absolute Gasteiger partial charge is 0.273 e. The lowest BCUT2D eigenvalue weighted by molar-refractivity contribution is -0.384. The van der Waals surface area contributed by atoms with Crippen LogP contribution in [0.25, 0.3) is 0 Å². The molecule has 1 aliphatic rings. The molecule has 21 heavy (non-hydrogen) atoms. The third-order valence-electron chi connectivity index (χ3n) is 3.43. The minimum absolute atomic E-state index is 0.0931. The van der Waals surface area contributed by atoms with E-state index in [2.05, 4.69) is 10.2 Å². The van der Waals surface area contributed by atoms with Crippen LogP contribution in [-0.2, 0) is 4.74 Å². The lowest BCUT2D eigenvalue weighted by Crippen LogP contribution is -2.52. The Balaban J connectivity index is 2.35. The van der Waals surface area contributed by atoms with Crippen molar-refractivity contribution in [2.24, 2.45) is 0 Å². The van der Waals surface area contributed by atoms with Gasteiger partial charge in [0.1, 0.15) is 0 Å². The molecule has 0 spiro atoms. The number of nitrogens with one attached hydrogen (secondary N) is 1. The van der Waals surface area contributed by atoms with Gasteiger partial charge in [-0.05, 0) is 33.8 Å². The fraction of sp³-hybridized carbons (Fsp3) is 0.600. The average molecular weight is 293 g/mol. The maximum atomic E-state index is 11.1. The van der Waals surface area contributed by atoms with Crippen LogP contribution in [0.15, 0.2) is 18.2 Å². The van der Waals surface area contributed by atoms with Gasteiger partial charge in [0.05, 0.1) is 16.6 Å². The number of ether oxygens (including phenoxy) is 1. The van der Waals surface area contributed by atoms with Crippen molar-refractivity contribution >= 4 is 17.1 Å². The van der Waals surface area contributed by atoms with E-state index in [1.54, 1.807) is 12.1 Å². The summed E-state index contributed by atoms with van der Waals surface area (Å²) in [6.45, 7) is 10.2. The van der Waals surface area contributed by atoms with Gasteiger partial charge in [0.2, 0.25) is 0 Å². The molecule has 0 bridgehead atoms. The van der Waals surface area contributed by atoms with Gasteiger partial charge in [-0.3, -0.25) is 10.1 Å². The van der Waals surface area contributed by atoms with Crippen LogP contribution < -0.4 is 10.2 Å². The van der Waals surface area contributed by atoms with Gasteiger partial charge in [-0.2, -0.15) is 0 Å². The van der Waals surface area contributed by atoms with E-state index < -0.39 is 0 Å². The molecule has 1 atom stereocenters. The third kappa shape index (κ3) is 3.85. The molecule has 1 saturated heterocycles. The van der Waals surface area contributed by atoms with Crippen molar-refractivity contribution in [2.45, 2.75) is 39.4 Å². The highest BCUT2D eigenvalue weighted by Crippen LogP contribution is 2.31. The topological polar surface area (TPSA) is 67.6 Å². The van der Waals surface area contributed by atoms with Gasteiger partial charge >= 0.3 is 0 Å². The van der Waals surface area contributed by atoms with Gasteiger partial charge in [0.25, 0.3) is 5.69 Å². The number of nitro groups is 1. The second-order valence-electron chi connectivity index (χ2n) is 6.09. The quantitative estimate of drug-likeness (QED) is 0.682. The Morgan fingerprint density at radius 2 is 2.19 bits per heavy atom. The molecule has 1 unspecified atom stereocenters. The minimum Gasteiger partial charge on any atom is -0.385 e. The van der Waals surface area contributed by atoms with Crippen LogP contribution in [0.4, 0.5) is 17.1 Å². The van der Waals surface area contributed by atoms with Gasteiger partial charge in [-0.25, -0.2) is 0 Å². The van der Waals surface area contributed by atoms with E-state index in [0.717, 1.165) is 24.5 Å². The number of morpholine rings is 1. The van der Waals surface area contributed by atoms with E-state index in [-0.39, 0.29) is 22.3 Å². The zero-order valence-corrected chi connectivity index (χ0v) is 13.0. The van der Waals surface area contributed by atoms with Crippen LogP contribution in [0, 0.1) is 10.1 Å². The molecule has 0 aromatic heterocycles. The first-order valence-electron chi connectivity index (χ1n) is 7.27. The highest BCUT2D eigenvalue weighted by molar-refractivity contribution is 5.64. The second-order valence-corrected chi connectivity index (χ2v) is 6.09. The Bertz CT molecular complexity index is 531. The lowest BCUT2D eigenvalue weighted by Gasteiger charge is -2.43. The van der Waals surface area contributed by atoms with E-state index in [4.69, 9.17) is 4.74 Å². The zero-order chi connectivity index (χ0) is 15.6. The predicted octanol–water partition coefficient (Wildman–Crippen LogP) is 3.03. The van der Waals surface area contributed by atoms with Crippen molar-refractivity contribution in [1.82, 2.24) is 0 Å². The number of anilines is 2. The standard InChI is InChI=1S/C15H23N3O3/c1-5-16-12-6-13(8-14(7-12)18(19)20)17-9-11(2)21-15(3,4)10-17/h6-8,11,16H,5,9-10H2,1-4H3. The van der Waals surface area contributed by atoms with Gasteiger partial charge in [0, 0.05) is 43.1 Å².